The SMILES string of the molecule is CCCN(Cc1c(CC)nn(-c2ccccc2)c1Oc1ccc(F)cc1)CC(C)O. The first-order chi connectivity index (χ1) is 14.5. The minimum atomic E-state index is -0.424. The maximum Gasteiger partial charge on any atom is 0.227 e. The monoisotopic (exact) mass is 411 g/mol. The van der Waals surface area contributed by atoms with Crippen LogP contribution in [-0.4, -0.2) is 39.0 Å². The third kappa shape index (κ3) is 5.46. The van der Waals surface area contributed by atoms with Crippen LogP contribution >= 0.6 is 0 Å². The van der Waals surface area contributed by atoms with Gasteiger partial charge in [0.2, 0.25) is 5.88 Å². The van der Waals surface area contributed by atoms with E-state index in [4.69, 9.17) is 9.84 Å². The van der Waals surface area contributed by atoms with Crippen molar-refractivity contribution in [3.05, 3.63) is 71.7 Å². The molecule has 3 aromatic rings. The van der Waals surface area contributed by atoms with Gasteiger partial charge in [-0.1, -0.05) is 32.0 Å². The fourth-order valence-electron chi connectivity index (χ4n) is 3.53. The smallest absolute Gasteiger partial charge is 0.227 e. The van der Waals surface area contributed by atoms with Crippen molar-refractivity contribution in [2.75, 3.05) is 13.1 Å². The van der Waals surface area contributed by atoms with Crippen LogP contribution in [0.1, 0.15) is 38.4 Å². The summed E-state index contributed by atoms with van der Waals surface area (Å²) in [7, 11) is 0. The van der Waals surface area contributed by atoms with Crippen LogP contribution in [0.2, 0.25) is 0 Å². The van der Waals surface area contributed by atoms with Crippen molar-refractivity contribution in [3.8, 4) is 17.3 Å². The molecular formula is C24H30FN3O2. The average molecular weight is 412 g/mol. The summed E-state index contributed by atoms with van der Waals surface area (Å²) in [5.74, 6) is 0.866. The molecule has 0 aliphatic carbocycles. The third-order valence-electron chi connectivity index (χ3n) is 4.83. The fraction of sp³-hybridized carbons (Fsp3) is 0.375. The van der Waals surface area contributed by atoms with Gasteiger partial charge in [-0.15, -0.1) is 0 Å². The summed E-state index contributed by atoms with van der Waals surface area (Å²) >= 11 is 0. The molecule has 1 N–H and O–H groups in total. The van der Waals surface area contributed by atoms with Gasteiger partial charge in [0, 0.05) is 13.1 Å². The third-order valence-corrected chi connectivity index (χ3v) is 4.83. The summed E-state index contributed by atoms with van der Waals surface area (Å²) in [6.07, 6.45) is 1.31. The molecule has 1 aromatic heterocycles. The zero-order valence-corrected chi connectivity index (χ0v) is 17.9. The van der Waals surface area contributed by atoms with Crippen molar-refractivity contribution in [1.82, 2.24) is 14.7 Å². The van der Waals surface area contributed by atoms with Crippen LogP contribution in [0.4, 0.5) is 4.39 Å². The predicted molar refractivity (Wildman–Crippen MR) is 117 cm³/mol. The van der Waals surface area contributed by atoms with Gasteiger partial charge >= 0.3 is 0 Å². The fourth-order valence-corrected chi connectivity index (χ4v) is 3.53. The number of para-hydroxylation sites is 1. The molecule has 0 saturated carbocycles. The lowest BCUT2D eigenvalue weighted by Crippen LogP contribution is -2.31. The van der Waals surface area contributed by atoms with Crippen molar-refractivity contribution < 1.29 is 14.2 Å². The van der Waals surface area contributed by atoms with Gasteiger partial charge < -0.3 is 9.84 Å². The number of aliphatic hydroxyl groups is 1. The van der Waals surface area contributed by atoms with Crippen molar-refractivity contribution in [2.45, 2.75) is 46.3 Å². The van der Waals surface area contributed by atoms with E-state index in [0.29, 0.717) is 24.7 Å². The van der Waals surface area contributed by atoms with E-state index in [2.05, 4.69) is 18.7 Å². The zero-order valence-electron chi connectivity index (χ0n) is 17.9. The highest BCUT2D eigenvalue weighted by Gasteiger charge is 2.23. The zero-order chi connectivity index (χ0) is 21.5. The summed E-state index contributed by atoms with van der Waals surface area (Å²) in [6.45, 7) is 8.04. The average Bonchev–Trinajstić information content (AvgIpc) is 3.07. The summed E-state index contributed by atoms with van der Waals surface area (Å²) in [5, 5.41) is 14.8. The lowest BCUT2D eigenvalue weighted by Gasteiger charge is -2.23. The molecule has 3 rings (SSSR count). The number of hydrogen-bond donors (Lipinski definition) is 1. The molecule has 0 spiro atoms. The molecule has 0 radical (unpaired) electrons. The van der Waals surface area contributed by atoms with Crippen LogP contribution in [0.15, 0.2) is 54.6 Å². The topological polar surface area (TPSA) is 50.5 Å². The van der Waals surface area contributed by atoms with Gasteiger partial charge in [0.15, 0.2) is 0 Å². The molecule has 0 aliphatic heterocycles. The van der Waals surface area contributed by atoms with E-state index in [1.165, 1.54) is 12.1 Å². The first-order valence-corrected chi connectivity index (χ1v) is 10.5. The van der Waals surface area contributed by atoms with Crippen molar-refractivity contribution in [2.24, 2.45) is 0 Å². The van der Waals surface area contributed by atoms with Gasteiger partial charge in [-0.3, -0.25) is 4.90 Å². The molecule has 5 nitrogen and oxygen atoms in total. The molecule has 30 heavy (non-hydrogen) atoms. The van der Waals surface area contributed by atoms with E-state index in [-0.39, 0.29) is 5.82 Å². The van der Waals surface area contributed by atoms with E-state index >= 15 is 0 Å². The van der Waals surface area contributed by atoms with Crippen LogP contribution in [0.3, 0.4) is 0 Å². The number of rotatable bonds is 10. The summed E-state index contributed by atoms with van der Waals surface area (Å²) in [5.41, 5.74) is 2.83. The Kier molecular flexibility index (Phi) is 7.60. The Morgan fingerprint density at radius 2 is 1.80 bits per heavy atom. The predicted octanol–water partition coefficient (Wildman–Crippen LogP) is 4.96. The molecular weight excluding hydrogens is 381 g/mol. The molecule has 0 saturated heterocycles. The van der Waals surface area contributed by atoms with E-state index in [1.807, 2.05) is 35.0 Å². The largest absolute Gasteiger partial charge is 0.439 e. The Labute approximate surface area is 177 Å². The van der Waals surface area contributed by atoms with Gasteiger partial charge in [0.05, 0.1) is 23.0 Å². The number of ether oxygens (including phenoxy) is 1. The lowest BCUT2D eigenvalue weighted by molar-refractivity contribution is 0.122. The van der Waals surface area contributed by atoms with Gasteiger partial charge in [0.25, 0.3) is 0 Å². The molecule has 6 heteroatoms. The van der Waals surface area contributed by atoms with E-state index in [0.717, 1.165) is 36.3 Å². The second-order valence-corrected chi connectivity index (χ2v) is 7.47. The summed E-state index contributed by atoms with van der Waals surface area (Å²) in [4.78, 5) is 2.22. The van der Waals surface area contributed by atoms with Crippen LogP contribution in [0.25, 0.3) is 5.69 Å². The first kappa shape index (κ1) is 22.0. The lowest BCUT2D eigenvalue weighted by atomic mass is 10.1. The highest BCUT2D eigenvalue weighted by atomic mass is 19.1. The number of aliphatic hydroxyl groups excluding tert-OH is 1. The Hall–Kier alpha value is -2.70. The quantitative estimate of drug-likeness (QED) is 0.512. The van der Waals surface area contributed by atoms with E-state index < -0.39 is 6.10 Å². The second-order valence-electron chi connectivity index (χ2n) is 7.47. The molecule has 0 aliphatic rings. The van der Waals surface area contributed by atoms with E-state index in [1.54, 1.807) is 19.1 Å². The number of aromatic nitrogens is 2. The van der Waals surface area contributed by atoms with E-state index in [9.17, 15) is 9.50 Å². The van der Waals surface area contributed by atoms with Gasteiger partial charge in [-0.2, -0.15) is 5.10 Å². The molecule has 0 bridgehead atoms. The Balaban J connectivity index is 2.06. The van der Waals surface area contributed by atoms with Crippen molar-refractivity contribution in [3.63, 3.8) is 0 Å². The highest BCUT2D eigenvalue weighted by molar-refractivity contribution is 5.43. The van der Waals surface area contributed by atoms with Gasteiger partial charge in [0.1, 0.15) is 11.6 Å². The second kappa shape index (κ2) is 10.4. The number of benzene rings is 2. The number of halogens is 1. The minimum Gasteiger partial charge on any atom is -0.439 e. The summed E-state index contributed by atoms with van der Waals surface area (Å²) < 4.78 is 21.5. The standard InChI is InChI=1S/C24H30FN3O2/c1-4-15-27(16-18(3)29)17-22-23(5-2)26-28(20-9-7-6-8-10-20)24(22)30-21-13-11-19(25)12-14-21/h6-14,18,29H,4-5,15-17H2,1-3H3. The van der Waals surface area contributed by atoms with Crippen molar-refractivity contribution >= 4 is 0 Å². The summed E-state index contributed by atoms with van der Waals surface area (Å²) in [6, 6.07) is 15.8. The normalized spacial score (nSPS) is 12.3. The van der Waals surface area contributed by atoms with Crippen LogP contribution in [-0.2, 0) is 13.0 Å². The Morgan fingerprint density at radius 3 is 2.40 bits per heavy atom. The molecule has 1 heterocycles. The number of hydrogen-bond acceptors (Lipinski definition) is 4. The van der Waals surface area contributed by atoms with Crippen molar-refractivity contribution in [1.29, 1.82) is 0 Å². The Bertz CT molecular complexity index is 924. The minimum absolute atomic E-state index is 0.306. The molecule has 1 unspecified atom stereocenters. The molecule has 0 amide bonds. The van der Waals surface area contributed by atoms with Crippen LogP contribution < -0.4 is 4.74 Å². The number of aryl methyl sites for hydroxylation is 1. The molecule has 0 fully saturated rings. The maximum atomic E-state index is 13.4. The van der Waals surface area contributed by atoms with Crippen LogP contribution in [0, 0.1) is 5.82 Å². The molecule has 160 valence electrons. The Morgan fingerprint density at radius 1 is 1.10 bits per heavy atom. The molecule has 1 atom stereocenters. The first-order valence-electron chi connectivity index (χ1n) is 10.5. The maximum absolute atomic E-state index is 13.4. The number of nitrogens with zero attached hydrogens (tertiary/aromatic N) is 3. The van der Waals surface area contributed by atoms with Gasteiger partial charge in [-0.05, 0) is 62.7 Å². The van der Waals surface area contributed by atoms with Gasteiger partial charge in [-0.25, -0.2) is 9.07 Å². The molecule has 2 aromatic carbocycles. The van der Waals surface area contributed by atoms with Crippen LogP contribution in [0.5, 0.6) is 11.6 Å². The highest BCUT2D eigenvalue weighted by Crippen LogP contribution is 2.32.